The lowest BCUT2D eigenvalue weighted by atomic mass is 9.99. The monoisotopic (exact) mass is 1070 g/mol. The molecule has 1 rings (SSSR count). The Balaban J connectivity index is 2.74. The molecule has 1 fully saturated rings. The fourth-order valence-corrected chi connectivity index (χ4v) is 8.47. The molecule has 0 radical (unpaired) electrons. The Morgan fingerprint density at radius 3 is 1.55 bits per heavy atom. The first-order valence-corrected chi connectivity index (χ1v) is 30.0. The van der Waals surface area contributed by atoms with Crippen LogP contribution in [0.25, 0.3) is 0 Å². The molecule has 1 aliphatic heterocycles. The van der Waals surface area contributed by atoms with E-state index in [0.717, 1.165) is 103 Å². The quantitative estimate of drug-likeness (QED) is 0.0149. The van der Waals surface area contributed by atoms with Crippen LogP contribution in [-0.2, 0) is 23.8 Å². The number of allylic oxidation sites excluding steroid dienone is 21. The molecule has 0 bridgehead atoms. The number of ether oxygens (including phenoxy) is 3. The van der Waals surface area contributed by atoms with Crippen LogP contribution in [0.5, 0.6) is 0 Å². The molecule has 11 heteroatoms. The third kappa shape index (κ3) is 40.6. The van der Waals surface area contributed by atoms with Crippen molar-refractivity contribution in [3.05, 3.63) is 134 Å². The van der Waals surface area contributed by atoms with E-state index in [9.17, 15) is 35.1 Å². The Labute approximate surface area is 467 Å². The summed E-state index contributed by atoms with van der Waals surface area (Å²) in [6.45, 7) is 5.46. The van der Waals surface area contributed by atoms with Gasteiger partial charge in [0.2, 0.25) is 5.91 Å². The summed E-state index contributed by atoms with van der Waals surface area (Å²) < 4.78 is 17.5. The molecule has 0 aromatic rings. The summed E-state index contributed by atoms with van der Waals surface area (Å²) in [5.74, 6) is -1.30. The maximum Gasteiger partial charge on any atom is 0.306 e. The zero-order valence-electron chi connectivity index (χ0n) is 48.0. The number of unbranched alkanes of at least 4 members (excludes halogenated alkanes) is 18. The summed E-state index contributed by atoms with van der Waals surface area (Å²) in [4.78, 5) is 26.5. The number of nitrogens with one attached hydrogen (secondary N) is 1. The fraction of sp³-hybridized carbons (Fsp3) is 0.636. The van der Waals surface area contributed by atoms with Crippen LogP contribution in [0.1, 0.15) is 207 Å². The van der Waals surface area contributed by atoms with E-state index in [1.54, 1.807) is 6.08 Å². The first-order chi connectivity index (χ1) is 37.7. The molecule has 1 aliphatic rings. The molecule has 0 spiro atoms. The summed E-state index contributed by atoms with van der Waals surface area (Å²) in [6, 6.07) is -1.05. The van der Waals surface area contributed by atoms with E-state index in [-0.39, 0.29) is 19.4 Å². The molecule has 0 aromatic heterocycles. The number of hydrogen-bond acceptors (Lipinski definition) is 10. The molecule has 1 saturated heterocycles. The van der Waals surface area contributed by atoms with Gasteiger partial charge in [-0.2, -0.15) is 0 Å². The zero-order valence-corrected chi connectivity index (χ0v) is 48.0. The van der Waals surface area contributed by atoms with Gasteiger partial charge in [-0.3, -0.25) is 9.59 Å². The number of carbonyl (C=O) groups is 2. The third-order valence-electron chi connectivity index (χ3n) is 13.2. The van der Waals surface area contributed by atoms with Crippen LogP contribution < -0.4 is 5.32 Å². The highest BCUT2D eigenvalue weighted by Crippen LogP contribution is 2.26. The summed E-state index contributed by atoms with van der Waals surface area (Å²) >= 11 is 0. The Hall–Kier alpha value is -4.20. The van der Waals surface area contributed by atoms with Gasteiger partial charge in [-0.25, -0.2) is 0 Å². The van der Waals surface area contributed by atoms with Crippen LogP contribution in [0, 0.1) is 0 Å². The Kier molecular flexibility index (Phi) is 48.3. The van der Waals surface area contributed by atoms with Gasteiger partial charge < -0.3 is 45.1 Å². The van der Waals surface area contributed by atoms with Crippen LogP contribution in [-0.4, -0.2) is 99.6 Å². The van der Waals surface area contributed by atoms with Gasteiger partial charge in [0.05, 0.1) is 25.4 Å². The van der Waals surface area contributed by atoms with E-state index in [4.69, 9.17) is 14.2 Å². The second kappa shape index (κ2) is 52.5. The van der Waals surface area contributed by atoms with E-state index < -0.39 is 67.4 Å². The first kappa shape index (κ1) is 70.8. The van der Waals surface area contributed by atoms with E-state index >= 15 is 0 Å². The molecular weight excluding hydrogens is 967 g/mol. The van der Waals surface area contributed by atoms with E-state index in [1.165, 1.54) is 51.4 Å². The number of esters is 1. The molecule has 8 unspecified atom stereocenters. The van der Waals surface area contributed by atoms with Gasteiger partial charge in [-0.1, -0.05) is 251 Å². The lowest BCUT2D eigenvalue weighted by Gasteiger charge is -2.41. The number of hydrogen-bond donors (Lipinski definition) is 6. The Bertz CT molecular complexity index is 1760. The SMILES string of the molecule is CC/C=C\C/C=C\C/C=C\C/C=C\C/C=C\CCCCCCCCC(O)C(=O)NC(COC1OC(CO)C(O)C(O)C1OC(=O)CCC/C=C/C=C\C=C/C=C/C=C/CC)C(O)/C=C/CCCCCCCCCCCCC. The van der Waals surface area contributed by atoms with Crippen LogP contribution >= 0.6 is 0 Å². The zero-order chi connectivity index (χ0) is 56.1. The molecule has 1 amide bonds. The molecule has 8 atom stereocenters. The van der Waals surface area contributed by atoms with Crippen LogP contribution in [0.15, 0.2) is 134 Å². The van der Waals surface area contributed by atoms with Crippen molar-refractivity contribution in [1.82, 2.24) is 5.32 Å². The minimum absolute atomic E-state index is 0.0184. The van der Waals surface area contributed by atoms with Gasteiger partial charge in [-0.15, -0.1) is 0 Å². The second-order valence-electron chi connectivity index (χ2n) is 20.1. The predicted octanol–water partition coefficient (Wildman–Crippen LogP) is 14.1. The smallest absolute Gasteiger partial charge is 0.306 e. The van der Waals surface area contributed by atoms with Crippen molar-refractivity contribution < 1.29 is 49.3 Å². The minimum atomic E-state index is -1.65. The maximum absolute atomic E-state index is 13.4. The summed E-state index contributed by atoms with van der Waals surface area (Å²) in [5.41, 5.74) is 0. The van der Waals surface area contributed by atoms with Gasteiger partial charge in [-0.05, 0) is 83.5 Å². The minimum Gasteiger partial charge on any atom is -0.454 e. The topological polar surface area (TPSA) is 175 Å². The molecule has 77 heavy (non-hydrogen) atoms. The number of aliphatic hydroxyl groups is 5. The fourth-order valence-electron chi connectivity index (χ4n) is 8.47. The number of amides is 1. The first-order valence-electron chi connectivity index (χ1n) is 30.0. The molecule has 0 aliphatic carbocycles. The molecule has 1 heterocycles. The van der Waals surface area contributed by atoms with Crippen molar-refractivity contribution in [2.45, 2.75) is 256 Å². The van der Waals surface area contributed by atoms with Gasteiger partial charge in [0, 0.05) is 6.42 Å². The van der Waals surface area contributed by atoms with Crippen LogP contribution in [0.2, 0.25) is 0 Å². The van der Waals surface area contributed by atoms with E-state index in [1.807, 2.05) is 60.8 Å². The van der Waals surface area contributed by atoms with Gasteiger partial charge >= 0.3 is 5.97 Å². The summed E-state index contributed by atoms with van der Waals surface area (Å²) in [7, 11) is 0. The summed E-state index contributed by atoms with van der Waals surface area (Å²) in [5, 5.41) is 56.9. The molecular formula is C66H107NO10. The molecule has 6 N–H and O–H groups in total. The van der Waals surface area contributed by atoms with Crippen molar-refractivity contribution in [2.75, 3.05) is 13.2 Å². The highest BCUT2D eigenvalue weighted by molar-refractivity contribution is 5.80. The van der Waals surface area contributed by atoms with Crippen molar-refractivity contribution >= 4 is 11.9 Å². The van der Waals surface area contributed by atoms with Crippen molar-refractivity contribution in [3.63, 3.8) is 0 Å². The Morgan fingerprint density at radius 2 is 1.00 bits per heavy atom. The molecule has 0 aromatic carbocycles. The normalized spacial score (nSPS) is 20.0. The maximum atomic E-state index is 13.4. The Morgan fingerprint density at radius 1 is 0.532 bits per heavy atom. The summed E-state index contributed by atoms with van der Waals surface area (Å²) in [6.07, 6.45) is 63.6. The van der Waals surface area contributed by atoms with Crippen molar-refractivity contribution in [3.8, 4) is 0 Å². The highest BCUT2D eigenvalue weighted by atomic mass is 16.7. The second-order valence-corrected chi connectivity index (χ2v) is 20.1. The number of carbonyl (C=O) groups excluding carboxylic acids is 2. The van der Waals surface area contributed by atoms with Gasteiger partial charge in [0.25, 0.3) is 0 Å². The van der Waals surface area contributed by atoms with Crippen LogP contribution in [0.4, 0.5) is 0 Å². The predicted molar refractivity (Wildman–Crippen MR) is 319 cm³/mol. The van der Waals surface area contributed by atoms with E-state index in [2.05, 4.69) is 92.9 Å². The number of aliphatic hydroxyl groups excluding tert-OH is 5. The lowest BCUT2D eigenvalue weighted by Crippen LogP contribution is -2.61. The largest absolute Gasteiger partial charge is 0.454 e. The average molecular weight is 1070 g/mol. The third-order valence-corrected chi connectivity index (χ3v) is 13.2. The van der Waals surface area contributed by atoms with E-state index in [0.29, 0.717) is 19.3 Å². The molecule has 11 nitrogen and oxygen atoms in total. The van der Waals surface area contributed by atoms with Crippen LogP contribution in [0.3, 0.4) is 0 Å². The lowest BCUT2D eigenvalue weighted by molar-refractivity contribution is -0.305. The molecule has 436 valence electrons. The average Bonchev–Trinajstić information content (AvgIpc) is 3.43. The standard InChI is InChI=1S/C66H107NO10/c1-4-7-10-13-16-19-22-25-26-27-28-29-30-31-32-33-36-38-41-44-47-50-53-59(70)65(74)67-57(58(69)52-49-46-43-40-37-34-23-20-17-14-11-8-5-2)56-75-66-64(63(73)62(72)60(55-68)76-66)77-61(71)54-51-48-45-42-39-35-24-21-18-15-12-9-6-3/h7,9-10,12,15-16,18-19,21,24-26,28-29,31-32,35,39,42,45,49,52,57-60,62-64,66,68-70,72-73H,4-6,8,11,13-14,17,20,22-23,27,30,33-34,36-38,40-41,43-44,46-48,50-51,53-56H2,1-3H3,(H,67,74)/b10-7-,12-9+,18-15+,19-16-,24-21-,26-25-,29-28-,32-31-,39-35-,45-42+,52-49+. The van der Waals surface area contributed by atoms with Crippen molar-refractivity contribution in [1.29, 1.82) is 0 Å². The van der Waals surface area contributed by atoms with Gasteiger partial charge in [0.15, 0.2) is 12.4 Å². The van der Waals surface area contributed by atoms with Crippen molar-refractivity contribution in [2.24, 2.45) is 0 Å². The highest BCUT2D eigenvalue weighted by Gasteiger charge is 2.47. The molecule has 0 saturated carbocycles. The number of rotatable bonds is 48. The van der Waals surface area contributed by atoms with Gasteiger partial charge in [0.1, 0.15) is 24.4 Å².